The standard InChI is InChI=1S/C19H22N2O2/c1-23-17-9-3-2-8-16(17)19(10-4-5-11-19)14-21-18(22)15-7-6-12-20-13-15/h2-3,6-9,12-13H,4-5,10-11,14H2,1H3,(H,21,22). The zero-order valence-corrected chi connectivity index (χ0v) is 13.4. The van der Waals surface area contributed by atoms with Crippen LogP contribution in [0.1, 0.15) is 41.6 Å². The van der Waals surface area contributed by atoms with Crippen molar-refractivity contribution in [2.45, 2.75) is 31.1 Å². The number of pyridine rings is 1. The first-order valence-electron chi connectivity index (χ1n) is 8.07. The average molecular weight is 310 g/mol. The molecule has 0 saturated heterocycles. The van der Waals surface area contributed by atoms with Gasteiger partial charge in [-0.15, -0.1) is 0 Å². The lowest BCUT2D eigenvalue weighted by Crippen LogP contribution is -2.39. The van der Waals surface area contributed by atoms with Crippen LogP contribution >= 0.6 is 0 Å². The molecule has 4 nitrogen and oxygen atoms in total. The summed E-state index contributed by atoms with van der Waals surface area (Å²) in [7, 11) is 1.70. The fraction of sp³-hybridized carbons (Fsp3) is 0.368. The third kappa shape index (κ3) is 3.21. The highest BCUT2D eigenvalue weighted by Gasteiger charge is 2.38. The van der Waals surface area contributed by atoms with Gasteiger partial charge in [0.2, 0.25) is 0 Å². The Hall–Kier alpha value is -2.36. The van der Waals surface area contributed by atoms with Crippen LogP contribution in [-0.2, 0) is 5.41 Å². The van der Waals surface area contributed by atoms with E-state index in [1.54, 1.807) is 31.6 Å². The van der Waals surface area contributed by atoms with Crippen LogP contribution in [0.4, 0.5) is 0 Å². The summed E-state index contributed by atoms with van der Waals surface area (Å²) in [4.78, 5) is 16.4. The van der Waals surface area contributed by atoms with E-state index < -0.39 is 0 Å². The molecule has 1 aromatic carbocycles. The van der Waals surface area contributed by atoms with E-state index in [1.807, 2.05) is 18.2 Å². The molecule has 2 aromatic rings. The molecular weight excluding hydrogens is 288 g/mol. The minimum Gasteiger partial charge on any atom is -0.496 e. The first-order valence-corrected chi connectivity index (χ1v) is 8.07. The monoisotopic (exact) mass is 310 g/mol. The Bertz CT molecular complexity index is 664. The molecule has 1 aliphatic rings. The second-order valence-corrected chi connectivity index (χ2v) is 6.11. The smallest absolute Gasteiger partial charge is 0.252 e. The van der Waals surface area contributed by atoms with Crippen molar-refractivity contribution in [1.29, 1.82) is 0 Å². The van der Waals surface area contributed by atoms with Crippen LogP contribution in [-0.4, -0.2) is 24.5 Å². The highest BCUT2D eigenvalue weighted by atomic mass is 16.5. The quantitative estimate of drug-likeness (QED) is 0.921. The predicted octanol–water partition coefficient (Wildman–Crippen LogP) is 3.33. The topological polar surface area (TPSA) is 51.2 Å². The summed E-state index contributed by atoms with van der Waals surface area (Å²) in [5.41, 5.74) is 1.76. The maximum Gasteiger partial charge on any atom is 0.252 e. The Morgan fingerprint density at radius 3 is 2.70 bits per heavy atom. The van der Waals surface area contributed by atoms with E-state index in [9.17, 15) is 4.79 Å². The molecule has 1 aliphatic carbocycles. The highest BCUT2D eigenvalue weighted by molar-refractivity contribution is 5.93. The number of carbonyl (C=O) groups is 1. The van der Waals surface area contributed by atoms with Gasteiger partial charge in [0.05, 0.1) is 12.7 Å². The van der Waals surface area contributed by atoms with Crippen molar-refractivity contribution >= 4 is 5.91 Å². The molecule has 1 N–H and O–H groups in total. The van der Waals surface area contributed by atoms with Gasteiger partial charge >= 0.3 is 0 Å². The lowest BCUT2D eigenvalue weighted by Gasteiger charge is -2.31. The number of aromatic nitrogens is 1. The summed E-state index contributed by atoms with van der Waals surface area (Å²) in [6.07, 6.45) is 7.77. The SMILES string of the molecule is COc1ccccc1C1(CNC(=O)c2cccnc2)CCCC1. The number of amides is 1. The number of nitrogens with zero attached hydrogens (tertiary/aromatic N) is 1. The van der Waals surface area contributed by atoms with Gasteiger partial charge in [0.15, 0.2) is 0 Å². The molecule has 3 rings (SSSR count). The highest BCUT2D eigenvalue weighted by Crippen LogP contribution is 2.44. The fourth-order valence-electron chi connectivity index (χ4n) is 3.52. The number of hydrogen-bond acceptors (Lipinski definition) is 3. The van der Waals surface area contributed by atoms with E-state index >= 15 is 0 Å². The summed E-state index contributed by atoms with van der Waals surface area (Å²) in [5.74, 6) is 0.837. The number of nitrogens with one attached hydrogen (secondary N) is 1. The van der Waals surface area contributed by atoms with Crippen LogP contribution in [0.2, 0.25) is 0 Å². The molecule has 1 amide bonds. The number of carbonyl (C=O) groups excluding carboxylic acids is 1. The predicted molar refractivity (Wildman–Crippen MR) is 89.7 cm³/mol. The fourth-order valence-corrected chi connectivity index (χ4v) is 3.52. The van der Waals surface area contributed by atoms with Gasteiger partial charge in [-0.25, -0.2) is 0 Å². The van der Waals surface area contributed by atoms with Gasteiger partial charge in [0.25, 0.3) is 5.91 Å². The van der Waals surface area contributed by atoms with E-state index in [0.29, 0.717) is 12.1 Å². The number of rotatable bonds is 5. The molecule has 1 heterocycles. The largest absolute Gasteiger partial charge is 0.496 e. The molecule has 4 heteroatoms. The number of methoxy groups -OCH3 is 1. The van der Waals surface area contributed by atoms with Crippen molar-refractivity contribution < 1.29 is 9.53 Å². The zero-order valence-electron chi connectivity index (χ0n) is 13.4. The van der Waals surface area contributed by atoms with Gasteiger partial charge < -0.3 is 10.1 Å². The summed E-state index contributed by atoms with van der Waals surface area (Å²) < 4.78 is 5.55. The third-order valence-electron chi connectivity index (χ3n) is 4.75. The lowest BCUT2D eigenvalue weighted by molar-refractivity contribution is 0.0942. The van der Waals surface area contributed by atoms with Crippen LogP contribution in [0.3, 0.4) is 0 Å². The molecule has 1 fully saturated rings. The number of benzene rings is 1. The van der Waals surface area contributed by atoms with Crippen LogP contribution < -0.4 is 10.1 Å². The lowest BCUT2D eigenvalue weighted by atomic mass is 9.78. The first kappa shape index (κ1) is 15.5. The average Bonchev–Trinajstić information content (AvgIpc) is 3.10. The van der Waals surface area contributed by atoms with Crippen LogP contribution in [0.15, 0.2) is 48.8 Å². The van der Waals surface area contributed by atoms with E-state index in [1.165, 1.54) is 18.4 Å². The van der Waals surface area contributed by atoms with Crippen molar-refractivity contribution in [3.8, 4) is 5.75 Å². The Morgan fingerprint density at radius 2 is 2.00 bits per heavy atom. The van der Waals surface area contributed by atoms with E-state index in [0.717, 1.165) is 18.6 Å². The molecule has 0 unspecified atom stereocenters. The maximum absolute atomic E-state index is 12.3. The normalized spacial score (nSPS) is 16.0. The Labute approximate surface area is 136 Å². The molecule has 1 saturated carbocycles. The van der Waals surface area contributed by atoms with E-state index in [2.05, 4.69) is 16.4 Å². The van der Waals surface area contributed by atoms with Crippen molar-refractivity contribution in [2.24, 2.45) is 0 Å². The Balaban J connectivity index is 1.81. The van der Waals surface area contributed by atoms with Crippen LogP contribution in [0.5, 0.6) is 5.75 Å². The Morgan fingerprint density at radius 1 is 1.22 bits per heavy atom. The molecule has 1 aromatic heterocycles. The third-order valence-corrected chi connectivity index (χ3v) is 4.75. The summed E-state index contributed by atoms with van der Waals surface area (Å²) in [6, 6.07) is 11.7. The number of hydrogen-bond donors (Lipinski definition) is 1. The molecule has 120 valence electrons. The van der Waals surface area contributed by atoms with Gasteiger partial charge in [-0.3, -0.25) is 9.78 Å². The summed E-state index contributed by atoms with van der Waals surface area (Å²) in [6.45, 7) is 0.626. The van der Waals surface area contributed by atoms with Gasteiger partial charge in [0, 0.05) is 29.9 Å². The van der Waals surface area contributed by atoms with Gasteiger partial charge in [-0.2, -0.15) is 0 Å². The van der Waals surface area contributed by atoms with Crippen LogP contribution in [0, 0.1) is 0 Å². The van der Waals surface area contributed by atoms with E-state index in [-0.39, 0.29) is 11.3 Å². The second kappa shape index (κ2) is 6.82. The molecule has 0 spiro atoms. The molecule has 0 aliphatic heterocycles. The van der Waals surface area contributed by atoms with Crippen LogP contribution in [0.25, 0.3) is 0 Å². The van der Waals surface area contributed by atoms with Gasteiger partial charge in [0.1, 0.15) is 5.75 Å². The zero-order chi connectivity index (χ0) is 16.1. The summed E-state index contributed by atoms with van der Waals surface area (Å²) >= 11 is 0. The van der Waals surface area contributed by atoms with Gasteiger partial charge in [-0.1, -0.05) is 31.0 Å². The van der Waals surface area contributed by atoms with Crippen molar-refractivity contribution in [3.05, 3.63) is 59.9 Å². The minimum atomic E-state index is -0.0701. The number of para-hydroxylation sites is 1. The minimum absolute atomic E-state index is 0.0372. The molecular formula is C19H22N2O2. The molecule has 0 atom stereocenters. The van der Waals surface area contributed by atoms with E-state index in [4.69, 9.17) is 4.74 Å². The van der Waals surface area contributed by atoms with Crippen molar-refractivity contribution in [3.63, 3.8) is 0 Å². The van der Waals surface area contributed by atoms with Crippen molar-refractivity contribution in [1.82, 2.24) is 10.3 Å². The Kier molecular flexibility index (Phi) is 4.60. The van der Waals surface area contributed by atoms with Gasteiger partial charge in [-0.05, 0) is 31.0 Å². The van der Waals surface area contributed by atoms with Crippen molar-refractivity contribution in [2.75, 3.05) is 13.7 Å². The second-order valence-electron chi connectivity index (χ2n) is 6.11. The number of ether oxygens (including phenoxy) is 1. The molecule has 0 bridgehead atoms. The molecule has 0 radical (unpaired) electrons. The maximum atomic E-state index is 12.3. The molecule has 23 heavy (non-hydrogen) atoms. The first-order chi connectivity index (χ1) is 11.2. The summed E-state index contributed by atoms with van der Waals surface area (Å²) in [5, 5.41) is 3.10.